The second-order valence-corrected chi connectivity index (χ2v) is 9.38. The zero-order valence-electron chi connectivity index (χ0n) is 18.3. The molecule has 1 unspecified atom stereocenters. The molecule has 172 valence electrons. The maximum absolute atomic E-state index is 12.8. The van der Waals surface area contributed by atoms with Crippen molar-refractivity contribution in [3.8, 4) is 5.75 Å². The average molecular weight is 468 g/mol. The highest BCUT2D eigenvalue weighted by atomic mass is 32.2. The largest absolute Gasteiger partial charge is 0.481 e. The fourth-order valence-electron chi connectivity index (χ4n) is 3.16. The summed E-state index contributed by atoms with van der Waals surface area (Å²) in [6, 6.07) is 17.5. The number of rotatable bonds is 10. The second kappa shape index (κ2) is 10.3. The maximum atomic E-state index is 12.8. The standard InChI is InChI=1S/C25H25NO6S/c1-18-10-12-21(13-11-18)24(27)23-9-5-15-26(23)14-4-7-20-6-3-8-22(16-20)32-33(30,31)17-19(2)25(28)29/h3-13,15-16,19H,14,17H2,1-2H3,(H,28,29)/b7-4+. The van der Waals surface area contributed by atoms with Crippen molar-refractivity contribution >= 4 is 27.9 Å². The van der Waals surface area contributed by atoms with Crippen LogP contribution in [-0.4, -0.2) is 35.6 Å². The van der Waals surface area contributed by atoms with Gasteiger partial charge < -0.3 is 13.9 Å². The molecule has 1 N–H and O–H groups in total. The Kier molecular flexibility index (Phi) is 7.50. The first-order chi connectivity index (χ1) is 15.6. The smallest absolute Gasteiger partial charge is 0.310 e. The third-order valence-electron chi connectivity index (χ3n) is 4.95. The Morgan fingerprint density at radius 3 is 2.52 bits per heavy atom. The van der Waals surface area contributed by atoms with Gasteiger partial charge in [0.25, 0.3) is 0 Å². The summed E-state index contributed by atoms with van der Waals surface area (Å²) in [5.74, 6) is -2.86. The topological polar surface area (TPSA) is 103 Å². The number of carboxylic acids is 1. The van der Waals surface area contributed by atoms with Crippen LogP contribution in [0.5, 0.6) is 5.75 Å². The zero-order chi connectivity index (χ0) is 24.0. The van der Waals surface area contributed by atoms with Gasteiger partial charge in [-0.1, -0.05) is 61.0 Å². The minimum absolute atomic E-state index is 0.0652. The van der Waals surface area contributed by atoms with Crippen LogP contribution in [0.1, 0.15) is 34.1 Å². The summed E-state index contributed by atoms with van der Waals surface area (Å²) in [7, 11) is -4.04. The van der Waals surface area contributed by atoms with Crippen LogP contribution >= 0.6 is 0 Å². The Morgan fingerprint density at radius 1 is 1.09 bits per heavy atom. The van der Waals surface area contributed by atoms with Crippen LogP contribution in [0.15, 0.2) is 72.9 Å². The van der Waals surface area contributed by atoms with Crippen molar-refractivity contribution in [1.82, 2.24) is 4.57 Å². The van der Waals surface area contributed by atoms with Gasteiger partial charge in [-0.3, -0.25) is 9.59 Å². The Bertz CT molecular complexity index is 1270. The van der Waals surface area contributed by atoms with Gasteiger partial charge in [0.05, 0.1) is 17.4 Å². The molecular formula is C25H25NO6S. The van der Waals surface area contributed by atoms with Gasteiger partial charge in [-0.25, -0.2) is 0 Å². The Morgan fingerprint density at radius 2 is 1.82 bits per heavy atom. The predicted octanol–water partition coefficient (Wildman–Crippen LogP) is 4.17. The number of nitrogens with zero attached hydrogens (tertiary/aromatic N) is 1. The van der Waals surface area contributed by atoms with E-state index >= 15 is 0 Å². The molecule has 7 nitrogen and oxygen atoms in total. The van der Waals surface area contributed by atoms with Crippen molar-refractivity contribution in [2.75, 3.05) is 5.75 Å². The molecule has 0 bridgehead atoms. The van der Waals surface area contributed by atoms with Crippen LogP contribution in [0.3, 0.4) is 0 Å². The molecule has 0 aliphatic carbocycles. The van der Waals surface area contributed by atoms with E-state index in [1.165, 1.54) is 13.0 Å². The molecule has 0 aliphatic heterocycles. The quantitative estimate of drug-likeness (QED) is 0.355. The van der Waals surface area contributed by atoms with Gasteiger partial charge in [-0.2, -0.15) is 8.42 Å². The van der Waals surface area contributed by atoms with Crippen molar-refractivity contribution in [3.05, 3.63) is 95.3 Å². The minimum Gasteiger partial charge on any atom is -0.481 e. The highest BCUT2D eigenvalue weighted by Crippen LogP contribution is 2.18. The fraction of sp³-hybridized carbons (Fsp3) is 0.200. The van der Waals surface area contributed by atoms with Crippen LogP contribution in [0, 0.1) is 12.8 Å². The Balaban J connectivity index is 1.67. The maximum Gasteiger partial charge on any atom is 0.310 e. The number of ketones is 1. The first kappa shape index (κ1) is 24.0. The van der Waals surface area contributed by atoms with Gasteiger partial charge in [0.1, 0.15) is 5.75 Å². The number of carboxylic acid groups (broad SMARTS) is 1. The van der Waals surface area contributed by atoms with Crippen LogP contribution in [0.25, 0.3) is 6.08 Å². The van der Waals surface area contributed by atoms with Gasteiger partial charge in [0, 0.05) is 18.3 Å². The lowest BCUT2D eigenvalue weighted by Gasteiger charge is -2.10. The number of hydrogen-bond donors (Lipinski definition) is 1. The molecule has 0 aliphatic rings. The summed E-state index contributed by atoms with van der Waals surface area (Å²) in [6.45, 7) is 3.72. The molecule has 1 atom stereocenters. The van der Waals surface area contributed by atoms with E-state index < -0.39 is 27.8 Å². The molecule has 2 aromatic carbocycles. The van der Waals surface area contributed by atoms with Crippen molar-refractivity contribution in [2.24, 2.45) is 5.92 Å². The molecule has 0 amide bonds. The van der Waals surface area contributed by atoms with Crippen LogP contribution in [-0.2, 0) is 21.5 Å². The minimum atomic E-state index is -4.04. The first-order valence-electron chi connectivity index (χ1n) is 10.3. The number of carbonyl (C=O) groups excluding carboxylic acids is 1. The summed E-state index contributed by atoms with van der Waals surface area (Å²) < 4.78 is 31.1. The van der Waals surface area contributed by atoms with Gasteiger partial charge in [0.2, 0.25) is 5.78 Å². The average Bonchev–Trinajstić information content (AvgIpc) is 3.22. The summed E-state index contributed by atoms with van der Waals surface area (Å²) in [6.07, 6.45) is 5.47. The number of aromatic nitrogens is 1. The molecule has 0 spiro atoms. The summed E-state index contributed by atoms with van der Waals surface area (Å²) in [4.78, 5) is 23.7. The summed E-state index contributed by atoms with van der Waals surface area (Å²) >= 11 is 0. The van der Waals surface area contributed by atoms with Gasteiger partial charge >= 0.3 is 16.1 Å². The third-order valence-corrected chi connectivity index (χ3v) is 6.30. The van der Waals surface area contributed by atoms with Crippen molar-refractivity contribution in [1.29, 1.82) is 0 Å². The van der Waals surface area contributed by atoms with E-state index in [4.69, 9.17) is 9.29 Å². The molecule has 3 rings (SSSR count). The van der Waals surface area contributed by atoms with Crippen molar-refractivity contribution in [3.63, 3.8) is 0 Å². The van der Waals surface area contributed by atoms with E-state index in [0.717, 1.165) is 5.56 Å². The Hall–Kier alpha value is -3.65. The third kappa shape index (κ3) is 6.66. The van der Waals surface area contributed by atoms with Crippen molar-refractivity contribution < 1.29 is 27.3 Å². The van der Waals surface area contributed by atoms with Gasteiger partial charge in [0.15, 0.2) is 0 Å². The molecule has 3 aromatic rings. The molecule has 0 radical (unpaired) electrons. The Labute approximate surface area is 193 Å². The predicted molar refractivity (Wildman–Crippen MR) is 126 cm³/mol. The lowest BCUT2D eigenvalue weighted by atomic mass is 10.1. The number of aryl methyl sites for hydroxylation is 1. The van der Waals surface area contributed by atoms with E-state index in [2.05, 4.69) is 0 Å². The number of allylic oxidation sites excluding steroid dienone is 1. The highest BCUT2D eigenvalue weighted by molar-refractivity contribution is 7.87. The number of aliphatic carboxylic acids is 1. The lowest BCUT2D eigenvalue weighted by molar-refractivity contribution is -0.140. The van der Waals surface area contributed by atoms with Crippen LogP contribution in [0.2, 0.25) is 0 Å². The molecule has 8 heteroatoms. The normalized spacial score (nSPS) is 12.5. The van der Waals surface area contributed by atoms with E-state index in [1.54, 1.807) is 30.3 Å². The van der Waals surface area contributed by atoms with Gasteiger partial charge in [-0.05, 0) is 36.8 Å². The van der Waals surface area contributed by atoms with E-state index in [1.807, 2.05) is 54.1 Å². The lowest BCUT2D eigenvalue weighted by Crippen LogP contribution is -2.24. The van der Waals surface area contributed by atoms with Gasteiger partial charge in [-0.15, -0.1) is 0 Å². The number of carbonyl (C=O) groups is 2. The highest BCUT2D eigenvalue weighted by Gasteiger charge is 2.22. The zero-order valence-corrected chi connectivity index (χ0v) is 19.2. The van der Waals surface area contributed by atoms with E-state index in [9.17, 15) is 18.0 Å². The SMILES string of the molecule is Cc1ccc(C(=O)c2cccn2C/C=C/c2cccc(OS(=O)(=O)CC(C)C(=O)O)c2)cc1. The molecule has 0 saturated carbocycles. The summed E-state index contributed by atoms with van der Waals surface area (Å²) in [5, 5.41) is 8.91. The monoisotopic (exact) mass is 467 g/mol. The molecule has 1 heterocycles. The molecule has 1 aromatic heterocycles. The van der Waals surface area contributed by atoms with E-state index in [-0.39, 0.29) is 11.5 Å². The van der Waals surface area contributed by atoms with E-state index in [0.29, 0.717) is 23.4 Å². The summed E-state index contributed by atoms with van der Waals surface area (Å²) in [5.41, 5.74) is 2.97. The molecular weight excluding hydrogens is 442 g/mol. The number of benzene rings is 2. The second-order valence-electron chi connectivity index (χ2n) is 7.76. The fourth-order valence-corrected chi connectivity index (χ4v) is 4.38. The molecule has 0 fully saturated rings. The van der Waals surface area contributed by atoms with Crippen LogP contribution in [0.4, 0.5) is 0 Å². The number of hydrogen-bond acceptors (Lipinski definition) is 5. The van der Waals surface area contributed by atoms with Crippen molar-refractivity contribution in [2.45, 2.75) is 20.4 Å². The van der Waals surface area contributed by atoms with Crippen LogP contribution < -0.4 is 4.18 Å². The molecule has 33 heavy (non-hydrogen) atoms. The first-order valence-corrected chi connectivity index (χ1v) is 11.9. The molecule has 0 saturated heterocycles.